The first kappa shape index (κ1) is 16.2. The molecule has 0 radical (unpaired) electrons. The minimum atomic E-state index is -1.03. The Hall–Kier alpha value is -3.14. The predicted octanol–water partition coefficient (Wildman–Crippen LogP) is 3.39. The molecule has 4 heteroatoms. The molecule has 23 heavy (non-hydrogen) atoms. The second kappa shape index (κ2) is 7.75. The molecule has 0 bridgehead atoms. The zero-order chi connectivity index (χ0) is 16.7. The van der Waals surface area contributed by atoms with E-state index in [1.807, 2.05) is 54.6 Å². The van der Waals surface area contributed by atoms with Gasteiger partial charge in [-0.15, -0.1) is 0 Å². The van der Waals surface area contributed by atoms with Crippen LogP contribution in [-0.4, -0.2) is 24.2 Å². The van der Waals surface area contributed by atoms with Crippen molar-refractivity contribution in [3.05, 3.63) is 83.4 Å². The summed E-state index contributed by atoms with van der Waals surface area (Å²) in [5.41, 5.74) is 2.81. The van der Waals surface area contributed by atoms with Crippen molar-refractivity contribution in [3.63, 3.8) is 0 Å². The molecule has 0 spiro atoms. The van der Waals surface area contributed by atoms with Gasteiger partial charge in [0.1, 0.15) is 0 Å². The van der Waals surface area contributed by atoms with Gasteiger partial charge in [-0.1, -0.05) is 54.6 Å². The number of carboxylic acids is 1. The fraction of sp³-hybridized carbons (Fsp3) is 0.0526. The van der Waals surface area contributed by atoms with E-state index in [1.165, 1.54) is 19.3 Å². The Bertz CT molecular complexity index is 758. The van der Waals surface area contributed by atoms with E-state index in [0.29, 0.717) is 5.57 Å². The van der Waals surface area contributed by atoms with Crippen molar-refractivity contribution in [1.29, 1.82) is 0 Å². The van der Waals surface area contributed by atoms with Gasteiger partial charge in [-0.2, -0.15) is 0 Å². The lowest BCUT2D eigenvalue weighted by atomic mass is 9.93. The molecule has 0 aliphatic rings. The standard InChI is InChI=1S/C19H16O4/c1-23-19(22)12-11-15-9-5-6-10-16(15)17(13-18(20)21)14-7-3-2-4-8-14/h2-13H,1H3,(H,20,21)/b12-11+,17-13-. The number of methoxy groups -OCH3 is 1. The second-order valence-corrected chi connectivity index (χ2v) is 4.71. The van der Waals surface area contributed by atoms with Gasteiger partial charge in [-0.3, -0.25) is 0 Å². The SMILES string of the molecule is COC(=O)/C=C/c1ccccc1/C(=C\C(=O)O)c1ccccc1. The number of carbonyl (C=O) groups is 2. The lowest BCUT2D eigenvalue weighted by Gasteiger charge is -2.11. The van der Waals surface area contributed by atoms with Gasteiger partial charge in [0.2, 0.25) is 0 Å². The van der Waals surface area contributed by atoms with Crippen molar-refractivity contribution in [3.8, 4) is 0 Å². The highest BCUT2D eigenvalue weighted by molar-refractivity contribution is 5.97. The Balaban J connectivity index is 2.55. The molecule has 0 heterocycles. The third-order valence-electron chi connectivity index (χ3n) is 3.20. The molecule has 2 rings (SSSR count). The highest BCUT2D eigenvalue weighted by atomic mass is 16.5. The predicted molar refractivity (Wildman–Crippen MR) is 88.6 cm³/mol. The summed E-state index contributed by atoms with van der Waals surface area (Å²) in [6, 6.07) is 16.5. The van der Waals surface area contributed by atoms with Gasteiger partial charge in [0, 0.05) is 12.2 Å². The molecule has 0 aromatic heterocycles. The molecule has 0 aliphatic heterocycles. The Morgan fingerprint density at radius 2 is 1.65 bits per heavy atom. The molecule has 116 valence electrons. The van der Waals surface area contributed by atoms with E-state index in [4.69, 9.17) is 0 Å². The number of carboxylic acid groups (broad SMARTS) is 1. The summed E-state index contributed by atoms with van der Waals surface area (Å²) in [7, 11) is 1.30. The van der Waals surface area contributed by atoms with Crippen molar-refractivity contribution >= 4 is 23.6 Å². The maximum atomic E-state index is 11.3. The number of rotatable bonds is 5. The summed E-state index contributed by atoms with van der Waals surface area (Å²) >= 11 is 0. The number of hydrogen-bond donors (Lipinski definition) is 1. The van der Waals surface area contributed by atoms with Crippen molar-refractivity contribution in [2.24, 2.45) is 0 Å². The summed E-state index contributed by atoms with van der Waals surface area (Å²) in [5, 5.41) is 9.19. The number of ether oxygens (including phenoxy) is 1. The van der Waals surface area contributed by atoms with E-state index in [-0.39, 0.29) is 0 Å². The van der Waals surface area contributed by atoms with E-state index in [0.717, 1.165) is 16.7 Å². The van der Waals surface area contributed by atoms with Crippen LogP contribution in [0.15, 0.2) is 66.7 Å². The Labute approximate surface area is 134 Å². The van der Waals surface area contributed by atoms with Crippen molar-refractivity contribution in [2.75, 3.05) is 7.11 Å². The molecule has 4 nitrogen and oxygen atoms in total. The lowest BCUT2D eigenvalue weighted by molar-refractivity contribution is -0.135. The number of benzene rings is 2. The molecule has 0 unspecified atom stereocenters. The number of carbonyl (C=O) groups excluding carboxylic acids is 1. The molecule has 2 aromatic rings. The van der Waals surface area contributed by atoms with E-state index < -0.39 is 11.9 Å². The van der Waals surface area contributed by atoms with E-state index >= 15 is 0 Å². The Kier molecular flexibility index (Phi) is 5.47. The summed E-state index contributed by atoms with van der Waals surface area (Å²) < 4.78 is 4.59. The van der Waals surface area contributed by atoms with E-state index in [2.05, 4.69) is 4.74 Å². The summed E-state index contributed by atoms with van der Waals surface area (Å²) in [4.78, 5) is 22.5. The maximum Gasteiger partial charge on any atom is 0.330 e. The van der Waals surface area contributed by atoms with Crippen LogP contribution in [0.5, 0.6) is 0 Å². The first-order valence-corrected chi connectivity index (χ1v) is 6.97. The smallest absolute Gasteiger partial charge is 0.330 e. The van der Waals surface area contributed by atoms with Crippen LogP contribution >= 0.6 is 0 Å². The first-order valence-electron chi connectivity index (χ1n) is 6.97. The van der Waals surface area contributed by atoms with Crippen LogP contribution < -0.4 is 0 Å². The van der Waals surface area contributed by atoms with Gasteiger partial charge in [-0.25, -0.2) is 9.59 Å². The second-order valence-electron chi connectivity index (χ2n) is 4.71. The van der Waals surface area contributed by atoms with Crippen molar-refractivity contribution in [2.45, 2.75) is 0 Å². The molecule has 1 N–H and O–H groups in total. The average molecular weight is 308 g/mol. The van der Waals surface area contributed by atoms with Gasteiger partial charge in [-0.05, 0) is 28.3 Å². The van der Waals surface area contributed by atoms with Crippen LogP contribution in [0.25, 0.3) is 11.6 Å². The van der Waals surface area contributed by atoms with Crippen molar-refractivity contribution in [1.82, 2.24) is 0 Å². The quantitative estimate of drug-likeness (QED) is 0.679. The molecule has 0 saturated carbocycles. The summed E-state index contributed by atoms with van der Waals surface area (Å²) in [6.07, 6.45) is 4.09. The Morgan fingerprint density at radius 1 is 1.00 bits per heavy atom. The van der Waals surface area contributed by atoms with Crippen LogP contribution in [0.4, 0.5) is 0 Å². The Morgan fingerprint density at radius 3 is 2.30 bits per heavy atom. The van der Waals surface area contributed by atoms with Crippen LogP contribution in [-0.2, 0) is 14.3 Å². The van der Waals surface area contributed by atoms with Crippen LogP contribution in [0.3, 0.4) is 0 Å². The summed E-state index contributed by atoms with van der Waals surface area (Å²) in [6.45, 7) is 0. The van der Waals surface area contributed by atoms with Gasteiger partial charge < -0.3 is 9.84 Å². The van der Waals surface area contributed by atoms with Crippen molar-refractivity contribution < 1.29 is 19.4 Å². The number of hydrogen-bond acceptors (Lipinski definition) is 3. The third-order valence-corrected chi connectivity index (χ3v) is 3.20. The number of aliphatic carboxylic acids is 1. The molecular formula is C19H16O4. The summed E-state index contributed by atoms with van der Waals surface area (Å²) in [5.74, 6) is -1.50. The zero-order valence-electron chi connectivity index (χ0n) is 12.6. The monoisotopic (exact) mass is 308 g/mol. The normalized spacial score (nSPS) is 11.4. The zero-order valence-corrected chi connectivity index (χ0v) is 12.6. The van der Waals surface area contributed by atoms with Gasteiger partial charge in [0.15, 0.2) is 0 Å². The first-order chi connectivity index (χ1) is 11.1. The van der Waals surface area contributed by atoms with Gasteiger partial charge in [0.05, 0.1) is 7.11 Å². The van der Waals surface area contributed by atoms with Crippen LogP contribution in [0.1, 0.15) is 16.7 Å². The average Bonchev–Trinajstić information content (AvgIpc) is 2.58. The largest absolute Gasteiger partial charge is 0.478 e. The fourth-order valence-corrected chi connectivity index (χ4v) is 2.17. The minimum Gasteiger partial charge on any atom is -0.478 e. The van der Waals surface area contributed by atoms with Gasteiger partial charge in [0.25, 0.3) is 0 Å². The molecule has 0 aliphatic carbocycles. The van der Waals surface area contributed by atoms with Crippen LogP contribution in [0.2, 0.25) is 0 Å². The topological polar surface area (TPSA) is 63.6 Å². The molecular weight excluding hydrogens is 292 g/mol. The molecule has 0 saturated heterocycles. The van der Waals surface area contributed by atoms with E-state index in [9.17, 15) is 14.7 Å². The highest BCUT2D eigenvalue weighted by Crippen LogP contribution is 2.27. The maximum absolute atomic E-state index is 11.3. The highest BCUT2D eigenvalue weighted by Gasteiger charge is 2.10. The third kappa shape index (κ3) is 4.41. The lowest BCUT2D eigenvalue weighted by Crippen LogP contribution is -1.98. The van der Waals surface area contributed by atoms with Gasteiger partial charge >= 0.3 is 11.9 Å². The fourth-order valence-electron chi connectivity index (χ4n) is 2.17. The molecule has 0 fully saturated rings. The molecule has 2 aromatic carbocycles. The minimum absolute atomic E-state index is 0.469. The molecule has 0 atom stereocenters. The molecule has 0 amide bonds. The number of esters is 1. The van der Waals surface area contributed by atoms with E-state index in [1.54, 1.807) is 6.08 Å². The van der Waals surface area contributed by atoms with Crippen LogP contribution in [0, 0.1) is 0 Å².